The highest BCUT2D eigenvalue weighted by Crippen LogP contribution is 2.37. The summed E-state index contributed by atoms with van der Waals surface area (Å²) in [5.74, 6) is -0.177. The molecule has 7 heteroatoms. The van der Waals surface area contributed by atoms with Crippen molar-refractivity contribution in [2.24, 2.45) is 5.41 Å². The van der Waals surface area contributed by atoms with Crippen molar-refractivity contribution in [3.8, 4) is 11.1 Å². The zero-order valence-corrected chi connectivity index (χ0v) is 18.3. The smallest absolute Gasteiger partial charge is 0.255 e. The third kappa shape index (κ3) is 4.55. The molecular weight excluding hydrogens is 390 g/mol. The van der Waals surface area contributed by atoms with Crippen LogP contribution in [0.1, 0.15) is 30.6 Å². The number of aliphatic hydroxyl groups is 1. The van der Waals surface area contributed by atoms with Crippen LogP contribution >= 0.6 is 12.4 Å². The number of pyridine rings is 1. The van der Waals surface area contributed by atoms with Crippen molar-refractivity contribution in [2.75, 3.05) is 27.2 Å². The Labute approximate surface area is 178 Å². The summed E-state index contributed by atoms with van der Waals surface area (Å²) < 4.78 is 1.48. The van der Waals surface area contributed by atoms with Crippen LogP contribution < -0.4 is 10.9 Å². The predicted octanol–water partition coefficient (Wildman–Crippen LogP) is 2.39. The number of amides is 1. The van der Waals surface area contributed by atoms with E-state index in [1.807, 2.05) is 44.2 Å². The lowest BCUT2D eigenvalue weighted by Gasteiger charge is -2.47. The molecule has 0 saturated carbocycles. The minimum absolute atomic E-state index is 0. The van der Waals surface area contributed by atoms with E-state index in [0.29, 0.717) is 30.6 Å². The van der Waals surface area contributed by atoms with Gasteiger partial charge in [0.2, 0.25) is 0 Å². The Balaban J connectivity index is 0.00000300. The number of benzene rings is 1. The number of carbonyl (C=O) groups is 1. The number of rotatable bonds is 4. The summed E-state index contributed by atoms with van der Waals surface area (Å²) in [5, 5.41) is 14.6. The predicted molar refractivity (Wildman–Crippen MR) is 118 cm³/mol. The molecular formula is C22H30ClN3O3. The maximum absolute atomic E-state index is 12.9. The molecule has 1 aliphatic heterocycles. The molecule has 6 nitrogen and oxygen atoms in total. The maximum atomic E-state index is 12.9. The van der Waals surface area contributed by atoms with Gasteiger partial charge >= 0.3 is 0 Å². The lowest BCUT2D eigenvalue weighted by atomic mass is 9.70. The van der Waals surface area contributed by atoms with Crippen LogP contribution in [0.3, 0.4) is 0 Å². The van der Waals surface area contributed by atoms with Crippen molar-refractivity contribution in [3.63, 3.8) is 0 Å². The first-order chi connectivity index (χ1) is 13.1. The number of halogens is 1. The Morgan fingerprint density at radius 2 is 1.90 bits per heavy atom. The molecule has 0 radical (unpaired) electrons. The van der Waals surface area contributed by atoms with E-state index in [-0.39, 0.29) is 30.4 Å². The van der Waals surface area contributed by atoms with Gasteiger partial charge in [-0.25, -0.2) is 0 Å². The Bertz CT molecular complexity index is 925. The lowest BCUT2D eigenvalue weighted by Crippen LogP contribution is -2.58. The lowest BCUT2D eigenvalue weighted by molar-refractivity contribution is -0.0998. The van der Waals surface area contributed by atoms with Gasteiger partial charge in [-0.2, -0.15) is 0 Å². The normalized spacial score (nSPS) is 20.6. The first kappa shape index (κ1) is 23.1. The second-order valence-corrected chi connectivity index (χ2v) is 8.47. The van der Waals surface area contributed by atoms with Gasteiger partial charge in [0.25, 0.3) is 11.5 Å². The van der Waals surface area contributed by atoms with Crippen molar-refractivity contribution in [1.82, 2.24) is 14.8 Å². The summed E-state index contributed by atoms with van der Waals surface area (Å²) in [6.07, 6.45) is 2.15. The van der Waals surface area contributed by atoms with Crippen molar-refractivity contribution in [1.29, 1.82) is 0 Å². The fourth-order valence-corrected chi connectivity index (χ4v) is 3.74. The maximum Gasteiger partial charge on any atom is 0.255 e. The molecule has 158 valence electrons. The Morgan fingerprint density at radius 3 is 2.48 bits per heavy atom. The zero-order chi connectivity index (χ0) is 20.5. The third-order valence-corrected chi connectivity index (χ3v) is 5.82. The van der Waals surface area contributed by atoms with Crippen LogP contribution in [-0.4, -0.2) is 53.3 Å². The van der Waals surface area contributed by atoms with Crippen molar-refractivity contribution < 1.29 is 9.90 Å². The first-order valence-electron chi connectivity index (χ1n) is 9.59. The molecule has 0 aliphatic carbocycles. The molecule has 1 aromatic heterocycles. The van der Waals surface area contributed by atoms with E-state index in [2.05, 4.69) is 5.32 Å². The number of nitrogens with one attached hydrogen (secondary N) is 1. The van der Waals surface area contributed by atoms with Crippen molar-refractivity contribution in [3.05, 3.63) is 58.5 Å². The molecule has 1 amide bonds. The summed E-state index contributed by atoms with van der Waals surface area (Å²) in [6.45, 7) is 5.51. The van der Waals surface area contributed by atoms with Gasteiger partial charge in [0.1, 0.15) is 0 Å². The minimum Gasteiger partial charge on any atom is -0.387 e. The summed E-state index contributed by atoms with van der Waals surface area (Å²) in [4.78, 5) is 27.2. The topological polar surface area (TPSA) is 74.6 Å². The summed E-state index contributed by atoms with van der Waals surface area (Å²) >= 11 is 0. The summed E-state index contributed by atoms with van der Waals surface area (Å²) in [7, 11) is 3.38. The van der Waals surface area contributed by atoms with E-state index in [4.69, 9.17) is 0 Å². The molecule has 0 spiro atoms. The Hall–Kier alpha value is -2.15. The molecule has 1 fully saturated rings. The van der Waals surface area contributed by atoms with Gasteiger partial charge in [0, 0.05) is 43.9 Å². The molecule has 3 rings (SSSR count). The standard InChI is InChI=1S/C22H29N3O3.ClH/c1-21(2)14-23-11-10-22(21,28)15-25-13-18(20(27)24(3)4)17(12-19(25)26)16-8-6-5-7-9-16;/h5-9,12-13,23,28H,10-11,14-15H2,1-4H3;1H. The molecule has 2 N–H and O–H groups in total. The summed E-state index contributed by atoms with van der Waals surface area (Å²) in [6, 6.07) is 10.9. The quantitative estimate of drug-likeness (QED) is 0.797. The zero-order valence-electron chi connectivity index (χ0n) is 17.4. The van der Waals surface area contributed by atoms with E-state index in [0.717, 1.165) is 5.56 Å². The molecule has 1 unspecified atom stereocenters. The Morgan fingerprint density at radius 1 is 1.24 bits per heavy atom. The van der Waals surface area contributed by atoms with Crippen LogP contribution in [-0.2, 0) is 6.54 Å². The third-order valence-electron chi connectivity index (χ3n) is 5.82. The first-order valence-corrected chi connectivity index (χ1v) is 9.59. The average Bonchev–Trinajstić information content (AvgIpc) is 2.65. The highest BCUT2D eigenvalue weighted by Gasteiger charge is 2.45. The van der Waals surface area contributed by atoms with Gasteiger partial charge in [-0.3, -0.25) is 9.59 Å². The van der Waals surface area contributed by atoms with E-state index in [9.17, 15) is 14.7 Å². The second kappa shape index (κ2) is 8.69. The van der Waals surface area contributed by atoms with Gasteiger partial charge < -0.3 is 19.9 Å². The summed E-state index contributed by atoms with van der Waals surface area (Å²) in [5.41, 5.74) is 0.224. The Kier molecular flexibility index (Phi) is 6.93. The highest BCUT2D eigenvalue weighted by atomic mass is 35.5. The number of hydrogen-bond acceptors (Lipinski definition) is 4. The van der Waals surface area contributed by atoms with E-state index < -0.39 is 11.0 Å². The molecule has 1 aliphatic rings. The van der Waals surface area contributed by atoms with Crippen LogP contribution in [0, 0.1) is 5.41 Å². The number of aromatic nitrogens is 1. The molecule has 2 aromatic rings. The molecule has 1 atom stereocenters. The van der Waals surface area contributed by atoms with Crippen LogP contribution in [0.25, 0.3) is 11.1 Å². The number of piperidine rings is 1. The van der Waals surface area contributed by atoms with Crippen molar-refractivity contribution in [2.45, 2.75) is 32.4 Å². The largest absolute Gasteiger partial charge is 0.387 e. The second-order valence-electron chi connectivity index (χ2n) is 8.47. The van der Waals surface area contributed by atoms with Crippen LogP contribution in [0.4, 0.5) is 0 Å². The molecule has 29 heavy (non-hydrogen) atoms. The van der Waals surface area contributed by atoms with E-state index in [1.54, 1.807) is 20.3 Å². The monoisotopic (exact) mass is 419 g/mol. The van der Waals surface area contributed by atoms with Gasteiger partial charge in [0.05, 0.1) is 17.7 Å². The van der Waals surface area contributed by atoms with E-state index >= 15 is 0 Å². The van der Waals surface area contributed by atoms with Gasteiger partial charge in [-0.15, -0.1) is 12.4 Å². The molecule has 1 saturated heterocycles. The van der Waals surface area contributed by atoms with Gasteiger partial charge in [-0.05, 0) is 18.5 Å². The number of hydrogen-bond donors (Lipinski definition) is 2. The van der Waals surface area contributed by atoms with Crippen LogP contribution in [0.5, 0.6) is 0 Å². The fourth-order valence-electron chi connectivity index (χ4n) is 3.74. The number of nitrogens with zero attached hydrogens (tertiary/aromatic N) is 2. The highest BCUT2D eigenvalue weighted by molar-refractivity contribution is 6.00. The molecule has 2 heterocycles. The van der Waals surface area contributed by atoms with Gasteiger partial charge in [-0.1, -0.05) is 44.2 Å². The molecule has 1 aromatic carbocycles. The SMILES string of the molecule is CN(C)C(=O)c1cn(CC2(O)CCNCC2(C)C)c(=O)cc1-c1ccccc1.Cl. The van der Waals surface area contributed by atoms with E-state index in [1.165, 1.54) is 15.5 Å². The van der Waals surface area contributed by atoms with Crippen LogP contribution in [0.15, 0.2) is 47.4 Å². The fraction of sp³-hybridized carbons (Fsp3) is 0.455. The van der Waals surface area contributed by atoms with Gasteiger partial charge in [0.15, 0.2) is 0 Å². The van der Waals surface area contributed by atoms with Crippen molar-refractivity contribution >= 4 is 18.3 Å². The average molecular weight is 420 g/mol. The molecule has 0 bridgehead atoms. The van der Waals surface area contributed by atoms with Crippen LogP contribution in [0.2, 0.25) is 0 Å². The number of carbonyl (C=O) groups excluding carboxylic acids is 1. The minimum atomic E-state index is -1.03.